The maximum absolute atomic E-state index is 13.1. The van der Waals surface area contributed by atoms with Crippen LogP contribution in [0.25, 0.3) is 11.0 Å². The number of rotatable bonds is 4. The second-order valence-corrected chi connectivity index (χ2v) is 6.24. The average molecular weight is 322 g/mol. The highest BCUT2D eigenvalue weighted by Gasteiger charge is 2.13. The molecule has 21 heavy (non-hydrogen) atoms. The molecule has 3 aromatic rings. The van der Waals surface area contributed by atoms with Gasteiger partial charge in [0.25, 0.3) is 0 Å². The molecule has 5 heteroatoms. The summed E-state index contributed by atoms with van der Waals surface area (Å²) < 4.78 is 18.8. The van der Waals surface area contributed by atoms with Crippen molar-refractivity contribution in [1.29, 1.82) is 0 Å². The van der Waals surface area contributed by atoms with Crippen molar-refractivity contribution in [1.82, 2.24) is 0 Å². The molecule has 0 fully saturated rings. The van der Waals surface area contributed by atoms with Crippen LogP contribution in [0.1, 0.15) is 11.8 Å². The molecule has 1 heterocycles. The van der Waals surface area contributed by atoms with E-state index in [0.717, 1.165) is 15.9 Å². The summed E-state index contributed by atoms with van der Waals surface area (Å²) in [6.07, 6.45) is 0. The van der Waals surface area contributed by atoms with E-state index in [9.17, 15) is 4.39 Å². The predicted molar refractivity (Wildman–Crippen MR) is 85.3 cm³/mol. The first-order valence-electron chi connectivity index (χ1n) is 6.45. The molecule has 0 spiro atoms. The Morgan fingerprint density at radius 1 is 1.19 bits per heavy atom. The van der Waals surface area contributed by atoms with Gasteiger partial charge in [-0.2, -0.15) is 0 Å². The monoisotopic (exact) mass is 321 g/mol. The standard InChI is InChI=1S/C16H13ClFNOS/c17-11-4-5-15-10(6-11)7-16(20-15)14(19)9-21-13-3-1-2-12(18)8-13/h1-8,14H,9,19H2. The first-order valence-corrected chi connectivity index (χ1v) is 7.81. The Labute approximate surface area is 131 Å². The van der Waals surface area contributed by atoms with E-state index in [1.165, 1.54) is 23.9 Å². The van der Waals surface area contributed by atoms with Crippen molar-refractivity contribution < 1.29 is 8.81 Å². The zero-order valence-electron chi connectivity index (χ0n) is 11.1. The van der Waals surface area contributed by atoms with E-state index in [-0.39, 0.29) is 11.9 Å². The van der Waals surface area contributed by atoms with Crippen molar-refractivity contribution in [2.45, 2.75) is 10.9 Å². The van der Waals surface area contributed by atoms with Crippen LogP contribution >= 0.6 is 23.4 Å². The molecule has 1 atom stereocenters. The normalized spacial score (nSPS) is 12.7. The summed E-state index contributed by atoms with van der Waals surface area (Å²) in [4.78, 5) is 0.851. The third-order valence-electron chi connectivity index (χ3n) is 3.09. The number of halogens is 2. The molecule has 1 aromatic heterocycles. The van der Waals surface area contributed by atoms with Crippen LogP contribution in [0.5, 0.6) is 0 Å². The SMILES string of the molecule is NC(CSc1cccc(F)c1)c1cc2cc(Cl)ccc2o1. The maximum atomic E-state index is 13.1. The molecule has 0 saturated carbocycles. The molecule has 0 saturated heterocycles. The Kier molecular flexibility index (Phi) is 4.19. The molecular formula is C16H13ClFNOS. The topological polar surface area (TPSA) is 39.2 Å². The summed E-state index contributed by atoms with van der Waals surface area (Å²) >= 11 is 7.45. The molecule has 3 rings (SSSR count). The number of hydrogen-bond donors (Lipinski definition) is 1. The largest absolute Gasteiger partial charge is 0.459 e. The predicted octanol–water partition coefficient (Wildman–Crippen LogP) is 5.02. The number of hydrogen-bond acceptors (Lipinski definition) is 3. The van der Waals surface area contributed by atoms with E-state index in [4.69, 9.17) is 21.8 Å². The first-order chi connectivity index (χ1) is 10.1. The van der Waals surface area contributed by atoms with Crippen LogP contribution in [0.15, 0.2) is 57.8 Å². The summed E-state index contributed by atoms with van der Waals surface area (Å²) in [5, 5.41) is 1.60. The van der Waals surface area contributed by atoms with Crippen LogP contribution in [0.3, 0.4) is 0 Å². The van der Waals surface area contributed by atoms with Crippen molar-refractivity contribution in [2.24, 2.45) is 5.73 Å². The van der Waals surface area contributed by atoms with Gasteiger partial charge in [0.2, 0.25) is 0 Å². The molecule has 0 amide bonds. The van der Waals surface area contributed by atoms with Gasteiger partial charge < -0.3 is 10.2 Å². The zero-order valence-corrected chi connectivity index (χ0v) is 12.6. The van der Waals surface area contributed by atoms with Crippen LogP contribution in [-0.2, 0) is 0 Å². The summed E-state index contributed by atoms with van der Waals surface area (Å²) in [5.74, 6) is 1.07. The lowest BCUT2D eigenvalue weighted by Crippen LogP contribution is -2.11. The van der Waals surface area contributed by atoms with Crippen molar-refractivity contribution in [2.75, 3.05) is 5.75 Å². The minimum Gasteiger partial charge on any atom is -0.459 e. The Morgan fingerprint density at radius 2 is 2.05 bits per heavy atom. The van der Waals surface area contributed by atoms with Crippen molar-refractivity contribution in [3.63, 3.8) is 0 Å². The van der Waals surface area contributed by atoms with E-state index in [2.05, 4.69) is 0 Å². The quantitative estimate of drug-likeness (QED) is 0.686. The van der Waals surface area contributed by atoms with E-state index >= 15 is 0 Å². The summed E-state index contributed by atoms with van der Waals surface area (Å²) in [6, 6.07) is 13.6. The second kappa shape index (κ2) is 6.10. The molecule has 0 aliphatic carbocycles. The minimum atomic E-state index is -0.260. The van der Waals surface area contributed by atoms with Crippen molar-refractivity contribution >= 4 is 34.3 Å². The van der Waals surface area contributed by atoms with Gasteiger partial charge in [0.15, 0.2) is 0 Å². The second-order valence-electron chi connectivity index (χ2n) is 4.71. The number of furan rings is 1. The third-order valence-corrected chi connectivity index (χ3v) is 4.44. The highest BCUT2D eigenvalue weighted by molar-refractivity contribution is 7.99. The van der Waals surface area contributed by atoms with Gasteiger partial charge in [-0.3, -0.25) is 0 Å². The molecular weight excluding hydrogens is 309 g/mol. The van der Waals surface area contributed by atoms with Gasteiger partial charge in [-0.1, -0.05) is 17.7 Å². The van der Waals surface area contributed by atoms with Gasteiger partial charge in [0.05, 0.1) is 6.04 Å². The lowest BCUT2D eigenvalue weighted by Gasteiger charge is -2.08. The molecule has 0 bridgehead atoms. The zero-order chi connectivity index (χ0) is 14.8. The molecule has 2 nitrogen and oxygen atoms in total. The Bertz CT molecular complexity index is 774. The number of benzene rings is 2. The molecule has 0 radical (unpaired) electrons. The average Bonchev–Trinajstić information content (AvgIpc) is 2.88. The van der Waals surface area contributed by atoms with Gasteiger partial charge in [-0.25, -0.2) is 4.39 Å². The van der Waals surface area contributed by atoms with E-state index in [1.807, 2.05) is 24.3 Å². The van der Waals surface area contributed by atoms with Crippen LogP contribution in [0, 0.1) is 5.82 Å². The maximum Gasteiger partial charge on any atom is 0.134 e. The third kappa shape index (κ3) is 3.40. The number of thioether (sulfide) groups is 1. The van der Waals surface area contributed by atoms with E-state index < -0.39 is 0 Å². The Hall–Kier alpha value is -1.49. The van der Waals surface area contributed by atoms with Crippen LogP contribution in [0.4, 0.5) is 4.39 Å². The molecule has 108 valence electrons. The summed E-state index contributed by atoms with van der Waals surface area (Å²) in [6.45, 7) is 0. The lowest BCUT2D eigenvalue weighted by atomic mass is 10.2. The lowest BCUT2D eigenvalue weighted by molar-refractivity contribution is 0.516. The highest BCUT2D eigenvalue weighted by Crippen LogP contribution is 2.29. The van der Waals surface area contributed by atoms with Gasteiger partial charge in [0.1, 0.15) is 17.2 Å². The van der Waals surface area contributed by atoms with Gasteiger partial charge in [0, 0.05) is 21.1 Å². The molecule has 0 aliphatic rings. The molecule has 2 N–H and O–H groups in total. The van der Waals surface area contributed by atoms with Gasteiger partial charge in [-0.15, -0.1) is 11.8 Å². The fraction of sp³-hybridized carbons (Fsp3) is 0.125. The smallest absolute Gasteiger partial charge is 0.134 e. The first kappa shape index (κ1) is 14.4. The summed E-state index contributed by atoms with van der Waals surface area (Å²) in [7, 11) is 0. The minimum absolute atomic E-state index is 0.244. The molecule has 0 aliphatic heterocycles. The summed E-state index contributed by atoms with van der Waals surface area (Å²) in [5.41, 5.74) is 6.91. The van der Waals surface area contributed by atoms with Crippen molar-refractivity contribution in [3.05, 3.63) is 65.1 Å². The van der Waals surface area contributed by atoms with Crippen LogP contribution in [0.2, 0.25) is 5.02 Å². The van der Waals surface area contributed by atoms with Gasteiger partial charge >= 0.3 is 0 Å². The fourth-order valence-corrected chi connectivity index (χ4v) is 3.13. The fourth-order valence-electron chi connectivity index (χ4n) is 2.04. The van der Waals surface area contributed by atoms with Gasteiger partial charge in [-0.05, 0) is 42.5 Å². The van der Waals surface area contributed by atoms with E-state index in [1.54, 1.807) is 12.1 Å². The highest BCUT2D eigenvalue weighted by atomic mass is 35.5. The molecule has 2 aromatic carbocycles. The van der Waals surface area contributed by atoms with Crippen molar-refractivity contribution in [3.8, 4) is 0 Å². The van der Waals surface area contributed by atoms with Crippen LogP contribution in [-0.4, -0.2) is 5.75 Å². The molecule has 1 unspecified atom stereocenters. The Morgan fingerprint density at radius 3 is 2.86 bits per heavy atom. The van der Waals surface area contributed by atoms with Crippen LogP contribution < -0.4 is 5.73 Å². The van der Waals surface area contributed by atoms with E-state index in [0.29, 0.717) is 16.5 Å². The Balaban J connectivity index is 1.73. The number of fused-ring (bicyclic) bond motifs is 1. The number of nitrogens with two attached hydrogens (primary N) is 1.